The van der Waals surface area contributed by atoms with E-state index in [2.05, 4.69) is 29.3 Å². The maximum absolute atomic E-state index is 12.4. The molecule has 0 aromatic heterocycles. The van der Waals surface area contributed by atoms with E-state index in [1.54, 1.807) is 37.4 Å². The Labute approximate surface area is 276 Å². The average molecular weight is 654 g/mol. The molecule has 1 heterocycles. The van der Waals surface area contributed by atoms with Gasteiger partial charge in [-0.2, -0.15) is 18.4 Å². The van der Waals surface area contributed by atoms with Crippen molar-refractivity contribution in [2.45, 2.75) is 52.3 Å². The van der Waals surface area contributed by atoms with Gasteiger partial charge in [-0.15, -0.1) is 0 Å². The molecule has 1 atom stereocenters. The standard InChI is InChI=1S/C26H32F3N3O3.C7H6O.C4H8/c1-19(31-9-13-34-23-6-3-4-7-24(23)35-18-26(27,28)29)14-20-15-21-8-11-32(10-5-12-33-2)25(21)22(16-20)17-30;8-6-7-4-2-1-3-5-7;1-3-4-2/h3-4,6-7,15-16,19,31H,5,8-14,18H2,1-2H3;1-6H;3-4H,1-2H3/b;;4-3-/t19-;;/m1../s1. The van der Waals surface area contributed by atoms with Crippen LogP contribution in [0.15, 0.2) is 78.9 Å². The van der Waals surface area contributed by atoms with Crippen molar-refractivity contribution in [1.82, 2.24) is 5.32 Å². The summed E-state index contributed by atoms with van der Waals surface area (Å²) in [6.07, 6.45) is 3.02. The van der Waals surface area contributed by atoms with E-state index in [9.17, 15) is 23.2 Å². The first kappa shape index (κ1) is 38.9. The van der Waals surface area contributed by atoms with Crippen LogP contribution in [0.3, 0.4) is 0 Å². The Kier molecular flexibility index (Phi) is 17.7. The number of carbonyl (C=O) groups is 1. The molecule has 254 valence electrons. The Bertz CT molecular complexity index is 1400. The topological polar surface area (TPSA) is 83.8 Å². The summed E-state index contributed by atoms with van der Waals surface area (Å²) in [6, 6.07) is 22.1. The first-order valence-corrected chi connectivity index (χ1v) is 15.7. The quantitative estimate of drug-likeness (QED) is 0.109. The molecule has 3 aromatic rings. The summed E-state index contributed by atoms with van der Waals surface area (Å²) in [5.74, 6) is 0.342. The Morgan fingerprint density at radius 3 is 2.23 bits per heavy atom. The number of halogens is 3. The van der Waals surface area contributed by atoms with Crippen molar-refractivity contribution in [3.05, 3.63) is 101 Å². The molecule has 1 aliphatic heterocycles. The third-order valence-electron chi connectivity index (χ3n) is 7.02. The zero-order valence-corrected chi connectivity index (χ0v) is 27.7. The number of carbonyl (C=O) groups excluding carboxylic acids is 1. The number of para-hydroxylation sites is 2. The molecule has 0 aliphatic carbocycles. The van der Waals surface area contributed by atoms with E-state index in [4.69, 9.17) is 14.2 Å². The number of hydrogen-bond acceptors (Lipinski definition) is 7. The van der Waals surface area contributed by atoms with E-state index in [1.165, 1.54) is 11.6 Å². The Balaban J connectivity index is 0.000000537. The molecule has 0 amide bonds. The van der Waals surface area contributed by atoms with Crippen LogP contribution in [0.2, 0.25) is 0 Å². The molecule has 3 aromatic carbocycles. The van der Waals surface area contributed by atoms with Crippen LogP contribution in [-0.4, -0.2) is 65.1 Å². The van der Waals surface area contributed by atoms with Crippen molar-refractivity contribution in [3.8, 4) is 17.6 Å². The molecule has 10 heteroatoms. The number of nitrogens with zero attached hydrogens (tertiary/aromatic N) is 2. The Morgan fingerprint density at radius 2 is 1.66 bits per heavy atom. The normalized spacial score (nSPS) is 12.6. The van der Waals surface area contributed by atoms with Gasteiger partial charge in [-0.3, -0.25) is 4.79 Å². The fourth-order valence-electron chi connectivity index (χ4n) is 4.79. The lowest BCUT2D eigenvalue weighted by Crippen LogP contribution is -2.32. The molecule has 0 bridgehead atoms. The molecule has 0 saturated carbocycles. The molecule has 1 aliphatic rings. The number of alkyl halides is 3. The lowest BCUT2D eigenvalue weighted by atomic mass is 9.99. The highest BCUT2D eigenvalue weighted by molar-refractivity contribution is 5.74. The van der Waals surface area contributed by atoms with Crippen LogP contribution in [0.4, 0.5) is 18.9 Å². The number of fused-ring (bicyclic) bond motifs is 1. The number of rotatable bonds is 14. The Morgan fingerprint density at radius 1 is 1.00 bits per heavy atom. The SMILES string of the molecule is C/C=C\C.COCCCN1CCc2cc(C[C@@H](C)NCCOc3ccccc3OCC(F)(F)F)cc(C#N)c21.O=Cc1ccccc1. The van der Waals surface area contributed by atoms with Crippen molar-refractivity contribution < 1.29 is 32.2 Å². The number of anilines is 1. The average Bonchev–Trinajstić information content (AvgIpc) is 3.49. The molecule has 7 nitrogen and oxygen atoms in total. The smallest absolute Gasteiger partial charge is 0.422 e. The molecule has 4 rings (SSSR count). The second-order valence-electron chi connectivity index (χ2n) is 10.8. The number of hydrogen-bond donors (Lipinski definition) is 1. The third kappa shape index (κ3) is 14.8. The molecule has 0 spiro atoms. The van der Waals surface area contributed by atoms with Crippen molar-refractivity contribution >= 4 is 12.0 Å². The van der Waals surface area contributed by atoms with E-state index in [0.29, 0.717) is 18.7 Å². The van der Waals surface area contributed by atoms with Crippen molar-refractivity contribution in [1.29, 1.82) is 5.26 Å². The van der Waals surface area contributed by atoms with Gasteiger partial charge < -0.3 is 24.4 Å². The second kappa shape index (κ2) is 21.5. The molecular formula is C37H46F3N3O4. The van der Waals surface area contributed by atoms with Gasteiger partial charge in [-0.05, 0) is 69.4 Å². The molecule has 47 heavy (non-hydrogen) atoms. The van der Waals surface area contributed by atoms with Crippen LogP contribution >= 0.6 is 0 Å². The molecule has 1 N–H and O–H groups in total. The summed E-state index contributed by atoms with van der Waals surface area (Å²) in [6.45, 7) is 7.97. The molecule has 0 saturated heterocycles. The predicted molar refractivity (Wildman–Crippen MR) is 181 cm³/mol. The first-order chi connectivity index (χ1) is 22.6. The fourth-order valence-corrected chi connectivity index (χ4v) is 4.79. The molecular weight excluding hydrogens is 607 g/mol. The zero-order valence-electron chi connectivity index (χ0n) is 27.7. The van der Waals surface area contributed by atoms with Gasteiger partial charge in [0.15, 0.2) is 18.1 Å². The summed E-state index contributed by atoms with van der Waals surface area (Å²) in [5, 5.41) is 13.1. The van der Waals surface area contributed by atoms with Gasteiger partial charge in [0.05, 0.1) is 11.3 Å². The van der Waals surface area contributed by atoms with Crippen LogP contribution < -0.4 is 19.7 Å². The minimum atomic E-state index is -4.41. The summed E-state index contributed by atoms with van der Waals surface area (Å²) in [7, 11) is 1.69. The fraction of sp³-hybridized carbons (Fsp3) is 0.405. The van der Waals surface area contributed by atoms with Crippen LogP contribution in [0.5, 0.6) is 11.5 Å². The second-order valence-corrected chi connectivity index (χ2v) is 10.8. The highest BCUT2D eigenvalue weighted by Crippen LogP contribution is 2.33. The van der Waals surface area contributed by atoms with Gasteiger partial charge in [0.25, 0.3) is 0 Å². The monoisotopic (exact) mass is 653 g/mol. The molecule has 0 unspecified atom stereocenters. The van der Waals surface area contributed by atoms with E-state index in [-0.39, 0.29) is 24.1 Å². The van der Waals surface area contributed by atoms with Gasteiger partial charge >= 0.3 is 6.18 Å². The molecule has 0 radical (unpaired) electrons. The largest absolute Gasteiger partial charge is 0.488 e. The predicted octanol–water partition coefficient (Wildman–Crippen LogP) is 7.58. The van der Waals surface area contributed by atoms with Crippen LogP contribution in [0.1, 0.15) is 54.2 Å². The lowest BCUT2D eigenvalue weighted by Gasteiger charge is -2.21. The number of benzene rings is 3. The van der Waals surface area contributed by atoms with Gasteiger partial charge in [-0.1, -0.05) is 60.7 Å². The summed E-state index contributed by atoms with van der Waals surface area (Å²) >= 11 is 0. The highest BCUT2D eigenvalue weighted by atomic mass is 19.4. The number of allylic oxidation sites excluding steroid dienone is 2. The van der Waals surface area contributed by atoms with Gasteiger partial charge in [-0.25, -0.2) is 0 Å². The molecule has 0 fully saturated rings. The minimum absolute atomic E-state index is 0.0660. The summed E-state index contributed by atoms with van der Waals surface area (Å²) in [5.41, 5.74) is 4.80. The first-order valence-electron chi connectivity index (χ1n) is 15.7. The van der Waals surface area contributed by atoms with Crippen LogP contribution in [0.25, 0.3) is 0 Å². The number of ether oxygens (including phenoxy) is 3. The number of aldehydes is 1. The van der Waals surface area contributed by atoms with Crippen molar-refractivity contribution in [2.75, 3.05) is 51.5 Å². The maximum Gasteiger partial charge on any atom is 0.422 e. The van der Waals surface area contributed by atoms with E-state index >= 15 is 0 Å². The summed E-state index contributed by atoms with van der Waals surface area (Å²) in [4.78, 5) is 12.3. The van der Waals surface area contributed by atoms with Crippen LogP contribution in [-0.2, 0) is 17.6 Å². The van der Waals surface area contributed by atoms with Gasteiger partial charge in [0.2, 0.25) is 0 Å². The number of nitriles is 1. The van der Waals surface area contributed by atoms with Crippen molar-refractivity contribution in [3.63, 3.8) is 0 Å². The van der Waals surface area contributed by atoms with Crippen molar-refractivity contribution in [2.24, 2.45) is 0 Å². The van der Waals surface area contributed by atoms with E-state index < -0.39 is 12.8 Å². The Hall–Kier alpha value is -4.33. The van der Waals surface area contributed by atoms with Gasteiger partial charge in [0, 0.05) is 45.0 Å². The summed E-state index contributed by atoms with van der Waals surface area (Å²) < 4.78 is 53.0. The zero-order chi connectivity index (χ0) is 34.5. The third-order valence-corrected chi connectivity index (χ3v) is 7.02. The van der Waals surface area contributed by atoms with Crippen LogP contribution in [0, 0.1) is 11.3 Å². The minimum Gasteiger partial charge on any atom is -0.488 e. The highest BCUT2D eigenvalue weighted by Gasteiger charge is 2.29. The number of methoxy groups -OCH3 is 1. The number of nitrogens with one attached hydrogen (secondary N) is 1. The van der Waals surface area contributed by atoms with E-state index in [0.717, 1.165) is 55.5 Å². The lowest BCUT2D eigenvalue weighted by molar-refractivity contribution is -0.153. The maximum atomic E-state index is 12.4. The van der Waals surface area contributed by atoms with Gasteiger partial charge in [0.1, 0.15) is 19.0 Å². The van der Waals surface area contributed by atoms with E-state index in [1.807, 2.05) is 50.3 Å².